The van der Waals surface area contributed by atoms with Crippen LogP contribution in [0.15, 0.2) is 30.3 Å². The lowest BCUT2D eigenvalue weighted by atomic mass is 9.91. The van der Waals surface area contributed by atoms with Crippen LogP contribution in [0, 0.1) is 5.92 Å². The van der Waals surface area contributed by atoms with E-state index in [-0.39, 0.29) is 12.5 Å². The van der Waals surface area contributed by atoms with Gasteiger partial charge < -0.3 is 5.11 Å². The normalized spacial score (nSPS) is 13.2. The minimum atomic E-state index is 0.231. The van der Waals surface area contributed by atoms with Gasteiger partial charge in [0, 0.05) is 12.5 Å². The highest BCUT2D eigenvalue weighted by atomic mass is 16.3. The molecule has 13 heavy (non-hydrogen) atoms. The van der Waals surface area contributed by atoms with Gasteiger partial charge in [0.25, 0.3) is 0 Å². The van der Waals surface area contributed by atoms with E-state index in [1.165, 1.54) is 11.5 Å². The van der Waals surface area contributed by atoms with Crippen molar-refractivity contribution in [3.05, 3.63) is 41.8 Å². The van der Waals surface area contributed by atoms with Crippen molar-refractivity contribution in [2.75, 3.05) is 6.61 Å². The van der Waals surface area contributed by atoms with Crippen LogP contribution in [0.3, 0.4) is 0 Å². The lowest BCUT2D eigenvalue weighted by Crippen LogP contribution is -2.06. The van der Waals surface area contributed by atoms with Crippen LogP contribution in [-0.2, 0) is 0 Å². The largest absolute Gasteiger partial charge is 0.396 e. The number of hydrogen-bond acceptors (Lipinski definition) is 1. The van der Waals surface area contributed by atoms with Crippen molar-refractivity contribution in [2.24, 2.45) is 0 Å². The second-order valence-electron chi connectivity index (χ2n) is 3.70. The summed E-state index contributed by atoms with van der Waals surface area (Å²) in [6.07, 6.45) is 0.973. The average molecular weight is 177 g/mol. The minimum absolute atomic E-state index is 0.231. The smallest absolute Gasteiger partial charge is 0.0499 e. The maximum Gasteiger partial charge on any atom is 0.0499 e. The third-order valence-corrected chi connectivity index (χ3v) is 2.15. The number of hydrogen-bond donors (Lipinski definition) is 1. The Morgan fingerprint density at radius 3 is 2.31 bits per heavy atom. The van der Waals surface area contributed by atoms with Crippen molar-refractivity contribution in [3.63, 3.8) is 0 Å². The number of rotatable bonds is 4. The minimum Gasteiger partial charge on any atom is -0.396 e. The maximum atomic E-state index is 9.22. The van der Waals surface area contributed by atoms with Crippen molar-refractivity contribution >= 4 is 0 Å². The SMILES string of the molecule is C[C](C)C[C@@H](CO)c1ccccc1. The second kappa shape index (κ2) is 5.03. The van der Waals surface area contributed by atoms with Gasteiger partial charge in [0.05, 0.1) is 0 Å². The predicted molar refractivity (Wildman–Crippen MR) is 55.5 cm³/mol. The second-order valence-corrected chi connectivity index (χ2v) is 3.70. The van der Waals surface area contributed by atoms with E-state index >= 15 is 0 Å². The van der Waals surface area contributed by atoms with Gasteiger partial charge in [-0.2, -0.15) is 0 Å². The number of benzene rings is 1. The molecule has 0 unspecified atom stereocenters. The Hall–Kier alpha value is -0.820. The molecule has 0 aliphatic rings. The van der Waals surface area contributed by atoms with Crippen molar-refractivity contribution in [1.82, 2.24) is 0 Å². The molecule has 0 amide bonds. The lowest BCUT2D eigenvalue weighted by molar-refractivity contribution is 0.261. The van der Waals surface area contributed by atoms with Gasteiger partial charge in [0.2, 0.25) is 0 Å². The van der Waals surface area contributed by atoms with Gasteiger partial charge in [-0.15, -0.1) is 0 Å². The van der Waals surface area contributed by atoms with Gasteiger partial charge in [0.1, 0.15) is 0 Å². The fraction of sp³-hybridized carbons (Fsp3) is 0.417. The van der Waals surface area contributed by atoms with Crippen LogP contribution in [0.1, 0.15) is 31.7 Å². The molecule has 1 rings (SSSR count). The van der Waals surface area contributed by atoms with E-state index in [1.807, 2.05) is 18.2 Å². The molecule has 1 nitrogen and oxygen atoms in total. The Balaban J connectivity index is 2.67. The zero-order valence-electron chi connectivity index (χ0n) is 8.33. The molecule has 0 aromatic heterocycles. The molecule has 0 aliphatic heterocycles. The number of aliphatic hydroxyl groups excluding tert-OH is 1. The Morgan fingerprint density at radius 2 is 1.85 bits per heavy atom. The van der Waals surface area contributed by atoms with Crippen LogP contribution in [0.4, 0.5) is 0 Å². The molecule has 1 N–H and O–H groups in total. The molecule has 1 atom stereocenters. The summed E-state index contributed by atoms with van der Waals surface area (Å²) in [5.41, 5.74) is 1.23. The lowest BCUT2D eigenvalue weighted by Gasteiger charge is -2.16. The van der Waals surface area contributed by atoms with Gasteiger partial charge >= 0.3 is 0 Å². The molecule has 0 saturated carbocycles. The summed E-state index contributed by atoms with van der Waals surface area (Å²) < 4.78 is 0. The average Bonchev–Trinajstić information content (AvgIpc) is 2.15. The van der Waals surface area contributed by atoms with Gasteiger partial charge in [-0.25, -0.2) is 0 Å². The highest BCUT2D eigenvalue weighted by molar-refractivity contribution is 5.20. The van der Waals surface area contributed by atoms with Crippen molar-refractivity contribution in [3.8, 4) is 0 Å². The van der Waals surface area contributed by atoms with Crippen LogP contribution >= 0.6 is 0 Å². The standard InChI is InChI=1S/C12H17O/c1-10(2)8-12(9-13)11-6-4-3-5-7-11/h3-7,12-13H,8-9H2,1-2H3/t12-/m0/s1. The molecular weight excluding hydrogens is 160 g/mol. The van der Waals surface area contributed by atoms with Crippen LogP contribution < -0.4 is 0 Å². The van der Waals surface area contributed by atoms with Crippen LogP contribution in [-0.4, -0.2) is 11.7 Å². The quantitative estimate of drug-likeness (QED) is 0.749. The zero-order chi connectivity index (χ0) is 9.68. The first-order valence-electron chi connectivity index (χ1n) is 4.69. The fourth-order valence-corrected chi connectivity index (χ4v) is 1.51. The van der Waals surface area contributed by atoms with Crippen molar-refractivity contribution in [1.29, 1.82) is 0 Å². The van der Waals surface area contributed by atoms with E-state index in [1.54, 1.807) is 0 Å². The topological polar surface area (TPSA) is 20.2 Å². The molecule has 1 heteroatoms. The van der Waals surface area contributed by atoms with Crippen molar-refractivity contribution in [2.45, 2.75) is 26.2 Å². The van der Waals surface area contributed by atoms with Crippen molar-refractivity contribution < 1.29 is 5.11 Å². The van der Waals surface area contributed by atoms with Gasteiger partial charge in [-0.1, -0.05) is 44.2 Å². The van der Waals surface area contributed by atoms with Crippen LogP contribution in [0.5, 0.6) is 0 Å². The summed E-state index contributed by atoms with van der Waals surface area (Å²) in [5, 5.41) is 9.22. The van der Waals surface area contributed by atoms with E-state index in [0.29, 0.717) is 0 Å². The van der Waals surface area contributed by atoms with E-state index in [2.05, 4.69) is 26.0 Å². The molecule has 1 aromatic carbocycles. The Morgan fingerprint density at radius 1 is 1.23 bits per heavy atom. The Labute approximate surface area is 80.4 Å². The van der Waals surface area contributed by atoms with Crippen LogP contribution in [0.2, 0.25) is 0 Å². The molecule has 0 spiro atoms. The molecule has 71 valence electrons. The highest BCUT2D eigenvalue weighted by Gasteiger charge is 2.11. The third kappa shape index (κ3) is 3.19. The van der Waals surface area contributed by atoms with E-state index in [9.17, 15) is 5.11 Å². The first-order chi connectivity index (χ1) is 6.24. The fourth-order valence-electron chi connectivity index (χ4n) is 1.51. The van der Waals surface area contributed by atoms with Gasteiger partial charge in [-0.3, -0.25) is 0 Å². The summed E-state index contributed by atoms with van der Waals surface area (Å²) >= 11 is 0. The molecule has 0 heterocycles. The number of aliphatic hydroxyl groups is 1. The summed E-state index contributed by atoms with van der Waals surface area (Å²) in [7, 11) is 0. The molecule has 0 saturated heterocycles. The Kier molecular flexibility index (Phi) is 3.97. The third-order valence-electron chi connectivity index (χ3n) is 2.15. The van der Waals surface area contributed by atoms with Gasteiger partial charge in [0.15, 0.2) is 0 Å². The highest BCUT2D eigenvalue weighted by Crippen LogP contribution is 2.23. The molecule has 1 aromatic rings. The Bertz CT molecular complexity index is 228. The van der Waals surface area contributed by atoms with E-state index in [4.69, 9.17) is 0 Å². The molecular formula is C12H17O. The summed E-state index contributed by atoms with van der Waals surface area (Å²) in [4.78, 5) is 0. The molecule has 1 radical (unpaired) electrons. The monoisotopic (exact) mass is 177 g/mol. The molecule has 0 fully saturated rings. The maximum absolute atomic E-state index is 9.22. The zero-order valence-corrected chi connectivity index (χ0v) is 8.33. The molecule has 0 bridgehead atoms. The first kappa shape index (κ1) is 10.3. The summed E-state index contributed by atoms with van der Waals surface area (Å²) in [5.74, 6) is 1.63. The predicted octanol–water partition coefficient (Wildman–Crippen LogP) is 2.77. The van der Waals surface area contributed by atoms with Gasteiger partial charge in [-0.05, 0) is 17.9 Å². The molecule has 0 aliphatic carbocycles. The summed E-state index contributed by atoms with van der Waals surface area (Å²) in [6, 6.07) is 10.2. The van der Waals surface area contributed by atoms with E-state index in [0.717, 1.165) is 6.42 Å². The summed E-state index contributed by atoms with van der Waals surface area (Å²) in [6.45, 7) is 4.44. The van der Waals surface area contributed by atoms with Crippen LogP contribution in [0.25, 0.3) is 0 Å². The first-order valence-corrected chi connectivity index (χ1v) is 4.69. The van der Waals surface area contributed by atoms with E-state index < -0.39 is 0 Å².